The molecule has 3 N–H and O–H groups in total. The van der Waals surface area contributed by atoms with Gasteiger partial charge in [0.1, 0.15) is 5.70 Å². The fourth-order valence-electron chi connectivity index (χ4n) is 4.36. The van der Waals surface area contributed by atoms with Crippen LogP contribution in [0.3, 0.4) is 0 Å². The maximum atomic E-state index is 13.5. The number of thioether (sulfide) groups is 1. The Labute approximate surface area is 259 Å². The average molecular weight is 606 g/mol. The lowest BCUT2D eigenvalue weighted by Crippen LogP contribution is -2.30. The third-order valence-corrected chi connectivity index (χ3v) is 7.89. The topological polar surface area (TPSA) is 87.3 Å². The molecule has 5 rings (SSSR count). The van der Waals surface area contributed by atoms with Crippen LogP contribution in [-0.2, 0) is 9.59 Å². The van der Waals surface area contributed by atoms with E-state index in [1.807, 2.05) is 67.6 Å². The fourth-order valence-corrected chi connectivity index (χ4v) is 5.41. The van der Waals surface area contributed by atoms with Crippen LogP contribution in [0.5, 0.6) is 0 Å². The van der Waals surface area contributed by atoms with Gasteiger partial charge in [0.05, 0.1) is 5.25 Å². The molecule has 8 heteroatoms. The fraction of sp³-hybridized carbons (Fsp3) is 0.0571. The second-order valence-corrected chi connectivity index (χ2v) is 11.5. The smallest absolute Gasteiger partial charge is 0.272 e. The summed E-state index contributed by atoms with van der Waals surface area (Å²) in [7, 11) is 0. The number of hydrogen-bond donors (Lipinski definition) is 3. The maximum absolute atomic E-state index is 13.5. The van der Waals surface area contributed by atoms with Crippen molar-refractivity contribution in [1.82, 2.24) is 5.32 Å². The maximum Gasteiger partial charge on any atom is 0.272 e. The Morgan fingerprint density at radius 1 is 0.744 bits per heavy atom. The molecule has 5 aromatic rings. The first-order chi connectivity index (χ1) is 20.9. The van der Waals surface area contributed by atoms with E-state index in [4.69, 9.17) is 11.6 Å². The summed E-state index contributed by atoms with van der Waals surface area (Å²) in [6, 6.07) is 36.6. The number of hydrogen-bond acceptors (Lipinski definition) is 4. The molecule has 5 aromatic carbocycles. The zero-order chi connectivity index (χ0) is 30.2. The number of amides is 3. The summed E-state index contributed by atoms with van der Waals surface area (Å²) in [5.74, 6) is -1.01. The van der Waals surface area contributed by atoms with Gasteiger partial charge in [0.25, 0.3) is 11.8 Å². The van der Waals surface area contributed by atoms with Crippen LogP contribution in [0.2, 0.25) is 5.02 Å². The Balaban J connectivity index is 1.31. The molecule has 43 heavy (non-hydrogen) atoms. The van der Waals surface area contributed by atoms with Crippen LogP contribution in [0.15, 0.2) is 132 Å². The van der Waals surface area contributed by atoms with Crippen molar-refractivity contribution < 1.29 is 14.4 Å². The highest BCUT2D eigenvalue weighted by Crippen LogP contribution is 2.27. The highest BCUT2D eigenvalue weighted by atomic mass is 35.5. The highest BCUT2D eigenvalue weighted by Gasteiger charge is 2.17. The molecule has 6 nitrogen and oxygen atoms in total. The first kappa shape index (κ1) is 29.6. The van der Waals surface area contributed by atoms with Crippen LogP contribution < -0.4 is 16.0 Å². The van der Waals surface area contributed by atoms with Crippen molar-refractivity contribution >= 4 is 69.3 Å². The minimum Gasteiger partial charge on any atom is -0.325 e. The van der Waals surface area contributed by atoms with Gasteiger partial charge in [-0.3, -0.25) is 14.4 Å². The van der Waals surface area contributed by atoms with Crippen molar-refractivity contribution in [3.8, 4) is 0 Å². The Hall–Kier alpha value is -4.85. The summed E-state index contributed by atoms with van der Waals surface area (Å²) in [6.45, 7) is 1.82. The Morgan fingerprint density at radius 3 is 2.21 bits per heavy atom. The van der Waals surface area contributed by atoms with Crippen LogP contribution in [0.25, 0.3) is 16.8 Å². The van der Waals surface area contributed by atoms with Crippen LogP contribution in [0.4, 0.5) is 11.4 Å². The molecule has 0 saturated carbocycles. The molecule has 0 heterocycles. The van der Waals surface area contributed by atoms with Gasteiger partial charge >= 0.3 is 0 Å². The second-order valence-electron chi connectivity index (χ2n) is 9.68. The van der Waals surface area contributed by atoms with Crippen molar-refractivity contribution in [1.29, 1.82) is 0 Å². The van der Waals surface area contributed by atoms with E-state index in [1.165, 1.54) is 11.8 Å². The molecule has 0 radical (unpaired) electrons. The van der Waals surface area contributed by atoms with E-state index in [-0.39, 0.29) is 22.8 Å². The first-order valence-electron chi connectivity index (χ1n) is 13.6. The number of rotatable bonds is 9. The Bertz CT molecular complexity index is 1800. The van der Waals surface area contributed by atoms with Gasteiger partial charge in [-0.15, -0.1) is 11.8 Å². The predicted octanol–water partition coefficient (Wildman–Crippen LogP) is 8.02. The number of anilines is 2. The predicted molar refractivity (Wildman–Crippen MR) is 176 cm³/mol. The summed E-state index contributed by atoms with van der Waals surface area (Å²) < 4.78 is 0. The van der Waals surface area contributed by atoms with Crippen LogP contribution >= 0.6 is 23.4 Å². The molecule has 214 valence electrons. The summed E-state index contributed by atoms with van der Waals surface area (Å²) in [5.41, 5.74) is 2.52. The molecule has 0 spiro atoms. The first-order valence-corrected chi connectivity index (χ1v) is 14.8. The Morgan fingerprint density at radius 2 is 1.44 bits per heavy atom. The molecule has 0 aromatic heterocycles. The van der Waals surface area contributed by atoms with Gasteiger partial charge in [0.15, 0.2) is 0 Å². The quantitative estimate of drug-likeness (QED) is 0.117. The van der Waals surface area contributed by atoms with Crippen molar-refractivity contribution in [2.75, 3.05) is 10.6 Å². The third kappa shape index (κ3) is 7.92. The minimum absolute atomic E-state index is 0.106. The molecule has 0 fully saturated rings. The summed E-state index contributed by atoms with van der Waals surface area (Å²) in [4.78, 5) is 40.1. The third-order valence-electron chi connectivity index (χ3n) is 6.54. The zero-order valence-corrected chi connectivity index (χ0v) is 24.8. The molecule has 0 aliphatic rings. The number of benzene rings is 5. The normalized spacial score (nSPS) is 11.9. The van der Waals surface area contributed by atoms with Gasteiger partial charge in [0, 0.05) is 26.9 Å². The summed E-state index contributed by atoms with van der Waals surface area (Å²) >= 11 is 7.41. The summed E-state index contributed by atoms with van der Waals surface area (Å²) in [5, 5.41) is 10.7. The molecular weight excluding hydrogens is 578 g/mol. The molecule has 0 aliphatic carbocycles. The van der Waals surface area contributed by atoms with Gasteiger partial charge < -0.3 is 16.0 Å². The lowest BCUT2D eigenvalue weighted by atomic mass is 10.0. The van der Waals surface area contributed by atoms with Gasteiger partial charge in [-0.1, -0.05) is 78.3 Å². The van der Waals surface area contributed by atoms with Crippen molar-refractivity contribution in [2.24, 2.45) is 0 Å². The SMILES string of the molecule is CC(Sc1ccc(NC(=O)/C(=C/c2cccc3ccccc23)NC(=O)c2ccccc2)cc1)C(=O)Nc1cccc(Cl)c1. The van der Waals surface area contributed by atoms with Gasteiger partial charge in [-0.2, -0.15) is 0 Å². The average Bonchev–Trinajstić information content (AvgIpc) is 3.02. The number of carbonyl (C=O) groups excluding carboxylic acids is 3. The molecule has 1 atom stereocenters. The van der Waals surface area contributed by atoms with E-state index >= 15 is 0 Å². The lowest BCUT2D eigenvalue weighted by Gasteiger charge is -2.14. The van der Waals surface area contributed by atoms with Gasteiger partial charge in [0.2, 0.25) is 5.91 Å². The van der Waals surface area contributed by atoms with Crippen LogP contribution in [0.1, 0.15) is 22.8 Å². The second kappa shape index (κ2) is 13.9. The molecule has 0 aliphatic heterocycles. The van der Waals surface area contributed by atoms with Gasteiger partial charge in [-0.05, 0) is 83.9 Å². The minimum atomic E-state index is -0.466. The van der Waals surface area contributed by atoms with E-state index in [9.17, 15) is 14.4 Å². The van der Waals surface area contributed by atoms with E-state index in [1.54, 1.807) is 66.7 Å². The van der Waals surface area contributed by atoms with E-state index in [2.05, 4.69) is 16.0 Å². The van der Waals surface area contributed by atoms with Gasteiger partial charge in [-0.25, -0.2) is 0 Å². The summed E-state index contributed by atoms with van der Waals surface area (Å²) in [6.07, 6.45) is 1.68. The molecule has 1 unspecified atom stereocenters. The van der Waals surface area contributed by atoms with Crippen LogP contribution in [-0.4, -0.2) is 23.0 Å². The number of nitrogens with one attached hydrogen (secondary N) is 3. The van der Waals surface area contributed by atoms with Crippen molar-refractivity contribution in [3.63, 3.8) is 0 Å². The van der Waals surface area contributed by atoms with Crippen molar-refractivity contribution in [3.05, 3.63) is 143 Å². The molecule has 3 amide bonds. The number of halogens is 1. The van der Waals surface area contributed by atoms with E-state index < -0.39 is 5.91 Å². The van der Waals surface area contributed by atoms with Crippen molar-refractivity contribution in [2.45, 2.75) is 17.1 Å². The number of fused-ring (bicyclic) bond motifs is 1. The largest absolute Gasteiger partial charge is 0.325 e. The molecule has 0 bridgehead atoms. The Kier molecular flexibility index (Phi) is 9.56. The number of carbonyl (C=O) groups is 3. The van der Waals surface area contributed by atoms with Crippen LogP contribution in [0, 0.1) is 0 Å². The standard InChI is InChI=1S/C35H28ClN3O3S/c1-23(33(40)38-29-15-8-14-27(36)22-29)43-30-19-17-28(18-20-30)37-35(42)32(39-34(41)25-10-3-2-4-11-25)21-26-13-7-12-24-9-5-6-16-31(24)26/h2-23H,1H3,(H,37,42)(H,38,40)(H,39,41)/b32-21-. The molecular formula is C35H28ClN3O3S. The zero-order valence-electron chi connectivity index (χ0n) is 23.2. The van der Waals surface area contributed by atoms with E-state index in [0.29, 0.717) is 22.0 Å². The molecule has 0 saturated heterocycles. The lowest BCUT2D eigenvalue weighted by molar-refractivity contribution is -0.115. The monoisotopic (exact) mass is 605 g/mol. The van der Waals surface area contributed by atoms with E-state index in [0.717, 1.165) is 21.2 Å². The highest BCUT2D eigenvalue weighted by molar-refractivity contribution is 8.00.